The van der Waals surface area contributed by atoms with Gasteiger partial charge in [-0.3, -0.25) is 4.79 Å². The van der Waals surface area contributed by atoms with Gasteiger partial charge >= 0.3 is 5.97 Å². The van der Waals surface area contributed by atoms with Crippen molar-refractivity contribution in [3.8, 4) is 0 Å². The van der Waals surface area contributed by atoms with E-state index in [-0.39, 0.29) is 5.56 Å². The maximum atomic E-state index is 13.3. The largest absolute Gasteiger partial charge is 0.366 e. The molecule has 0 aliphatic rings. The molecular formula is C12H8FNO3. The summed E-state index contributed by atoms with van der Waals surface area (Å²) in [5, 5.41) is 0. The van der Waals surface area contributed by atoms with Crippen molar-refractivity contribution in [3.63, 3.8) is 0 Å². The lowest BCUT2D eigenvalue weighted by atomic mass is 10.2. The van der Waals surface area contributed by atoms with Gasteiger partial charge in [-0.25, -0.2) is 9.18 Å². The molecule has 0 amide bonds. The molecule has 1 heterocycles. The summed E-state index contributed by atoms with van der Waals surface area (Å²) in [6.07, 6.45) is 1.28. The van der Waals surface area contributed by atoms with Crippen LogP contribution in [0.25, 0.3) is 0 Å². The van der Waals surface area contributed by atoms with E-state index in [0.29, 0.717) is 0 Å². The van der Waals surface area contributed by atoms with E-state index in [1.165, 1.54) is 42.6 Å². The number of carbonyl (C=O) groups excluding carboxylic acids is 1. The molecule has 0 unspecified atom stereocenters. The zero-order valence-electron chi connectivity index (χ0n) is 8.67. The molecule has 5 heteroatoms. The number of hydrogen-bond acceptors (Lipinski definition) is 3. The van der Waals surface area contributed by atoms with Crippen LogP contribution in [0.3, 0.4) is 0 Å². The Bertz CT molecular complexity index is 606. The quantitative estimate of drug-likeness (QED) is 0.784. The lowest BCUT2D eigenvalue weighted by molar-refractivity contribution is 0.0437. The molecule has 0 saturated heterocycles. The first-order valence-electron chi connectivity index (χ1n) is 4.83. The van der Waals surface area contributed by atoms with Crippen LogP contribution >= 0.6 is 0 Å². The average molecular weight is 233 g/mol. The predicted molar refractivity (Wildman–Crippen MR) is 58.0 cm³/mol. The van der Waals surface area contributed by atoms with Gasteiger partial charge in [0, 0.05) is 12.3 Å². The van der Waals surface area contributed by atoms with Crippen LogP contribution in [0, 0.1) is 5.82 Å². The van der Waals surface area contributed by atoms with Crippen LogP contribution in [-0.4, -0.2) is 10.7 Å². The molecule has 4 nitrogen and oxygen atoms in total. The molecule has 0 aliphatic carbocycles. The highest BCUT2D eigenvalue weighted by molar-refractivity contribution is 5.89. The van der Waals surface area contributed by atoms with Crippen molar-refractivity contribution in [2.45, 2.75) is 0 Å². The zero-order chi connectivity index (χ0) is 12.3. The van der Waals surface area contributed by atoms with Crippen LogP contribution in [-0.2, 0) is 0 Å². The minimum atomic E-state index is -0.920. The summed E-state index contributed by atoms with van der Waals surface area (Å²) >= 11 is 0. The van der Waals surface area contributed by atoms with Gasteiger partial charge < -0.3 is 4.84 Å². The molecule has 0 fully saturated rings. The number of halogens is 1. The third-order valence-corrected chi connectivity index (χ3v) is 2.06. The number of aromatic nitrogens is 1. The Kier molecular flexibility index (Phi) is 3.00. The average Bonchev–Trinajstić information content (AvgIpc) is 2.32. The Morgan fingerprint density at radius 1 is 1.12 bits per heavy atom. The normalized spacial score (nSPS) is 9.94. The topological polar surface area (TPSA) is 48.3 Å². The van der Waals surface area contributed by atoms with Gasteiger partial charge in [0.05, 0.1) is 5.56 Å². The fourth-order valence-corrected chi connectivity index (χ4v) is 1.25. The van der Waals surface area contributed by atoms with E-state index in [4.69, 9.17) is 4.84 Å². The molecule has 2 rings (SSSR count). The fourth-order valence-electron chi connectivity index (χ4n) is 1.25. The first kappa shape index (κ1) is 11.1. The Hall–Kier alpha value is -2.43. The number of carbonyl (C=O) groups is 1. The molecule has 0 bridgehead atoms. The first-order chi connectivity index (χ1) is 8.18. The summed E-state index contributed by atoms with van der Waals surface area (Å²) in [5.74, 6) is -1.61. The third-order valence-electron chi connectivity index (χ3n) is 2.06. The molecule has 0 radical (unpaired) electrons. The highest BCUT2D eigenvalue weighted by atomic mass is 19.1. The SMILES string of the molecule is O=C(On1ccccc1=O)c1ccccc1F. The summed E-state index contributed by atoms with van der Waals surface area (Å²) in [6.45, 7) is 0. The van der Waals surface area contributed by atoms with Crippen LogP contribution in [0.5, 0.6) is 0 Å². The van der Waals surface area contributed by atoms with Crippen molar-refractivity contribution in [1.29, 1.82) is 0 Å². The number of pyridine rings is 1. The molecule has 0 aliphatic heterocycles. The lowest BCUT2D eigenvalue weighted by Gasteiger charge is -2.05. The maximum Gasteiger partial charge on any atom is 0.366 e. The van der Waals surface area contributed by atoms with Crippen LogP contribution < -0.4 is 10.4 Å². The van der Waals surface area contributed by atoms with Crippen molar-refractivity contribution in [2.75, 3.05) is 0 Å². The van der Waals surface area contributed by atoms with Gasteiger partial charge in [-0.15, -0.1) is 4.73 Å². The molecule has 2 aromatic rings. The molecule has 86 valence electrons. The van der Waals surface area contributed by atoms with E-state index in [9.17, 15) is 14.0 Å². The third kappa shape index (κ3) is 2.39. The van der Waals surface area contributed by atoms with Gasteiger partial charge in [0.2, 0.25) is 0 Å². The van der Waals surface area contributed by atoms with Gasteiger partial charge in [-0.2, -0.15) is 0 Å². The second-order valence-electron chi connectivity index (χ2n) is 3.22. The number of hydrogen-bond donors (Lipinski definition) is 0. The van der Waals surface area contributed by atoms with E-state index >= 15 is 0 Å². The lowest BCUT2D eigenvalue weighted by Crippen LogP contribution is -2.30. The summed E-state index contributed by atoms with van der Waals surface area (Å²) in [6, 6.07) is 9.66. The molecule has 0 N–H and O–H groups in total. The summed E-state index contributed by atoms with van der Waals surface area (Å²) in [4.78, 5) is 27.6. The minimum absolute atomic E-state index is 0.219. The van der Waals surface area contributed by atoms with Gasteiger partial charge in [-0.05, 0) is 18.2 Å². The van der Waals surface area contributed by atoms with E-state index in [1.807, 2.05) is 0 Å². The van der Waals surface area contributed by atoms with Gasteiger partial charge in [-0.1, -0.05) is 18.2 Å². The molecule has 0 saturated carbocycles. The molecule has 1 aromatic heterocycles. The summed E-state index contributed by atoms with van der Waals surface area (Å²) in [5.41, 5.74) is -0.722. The molecule has 0 spiro atoms. The van der Waals surface area contributed by atoms with E-state index in [0.717, 1.165) is 10.8 Å². The van der Waals surface area contributed by atoms with E-state index in [1.54, 1.807) is 0 Å². The Morgan fingerprint density at radius 3 is 2.53 bits per heavy atom. The van der Waals surface area contributed by atoms with Crippen LogP contribution in [0.4, 0.5) is 4.39 Å². The minimum Gasteiger partial charge on any atom is -0.328 e. The van der Waals surface area contributed by atoms with Crippen molar-refractivity contribution in [1.82, 2.24) is 4.73 Å². The smallest absolute Gasteiger partial charge is 0.328 e. The van der Waals surface area contributed by atoms with Crippen molar-refractivity contribution in [3.05, 3.63) is 70.4 Å². The van der Waals surface area contributed by atoms with Crippen molar-refractivity contribution >= 4 is 5.97 Å². The highest BCUT2D eigenvalue weighted by Crippen LogP contribution is 2.06. The predicted octanol–water partition coefficient (Wildman–Crippen LogP) is 1.26. The zero-order valence-corrected chi connectivity index (χ0v) is 8.67. The highest BCUT2D eigenvalue weighted by Gasteiger charge is 2.13. The number of nitrogens with zero attached hydrogens (tertiary/aromatic N) is 1. The van der Waals surface area contributed by atoms with Crippen molar-refractivity contribution < 1.29 is 14.0 Å². The van der Waals surface area contributed by atoms with E-state index in [2.05, 4.69) is 0 Å². The monoisotopic (exact) mass is 233 g/mol. The van der Waals surface area contributed by atoms with Crippen molar-refractivity contribution in [2.24, 2.45) is 0 Å². The molecule has 1 aromatic carbocycles. The fraction of sp³-hybridized carbons (Fsp3) is 0. The Balaban J connectivity index is 2.27. The second kappa shape index (κ2) is 4.61. The number of rotatable bonds is 2. The Morgan fingerprint density at radius 2 is 1.82 bits per heavy atom. The maximum absolute atomic E-state index is 13.3. The van der Waals surface area contributed by atoms with Gasteiger partial charge in [0.15, 0.2) is 0 Å². The summed E-state index contributed by atoms with van der Waals surface area (Å²) < 4.78 is 14.0. The van der Waals surface area contributed by atoms with Gasteiger partial charge in [0.1, 0.15) is 5.82 Å². The molecular weight excluding hydrogens is 225 g/mol. The first-order valence-corrected chi connectivity index (χ1v) is 4.83. The van der Waals surface area contributed by atoms with Crippen LogP contribution in [0.1, 0.15) is 10.4 Å². The number of benzene rings is 1. The van der Waals surface area contributed by atoms with Crippen LogP contribution in [0.2, 0.25) is 0 Å². The molecule has 0 atom stereocenters. The van der Waals surface area contributed by atoms with Crippen LogP contribution in [0.15, 0.2) is 53.5 Å². The second-order valence-corrected chi connectivity index (χ2v) is 3.22. The molecule has 17 heavy (non-hydrogen) atoms. The summed E-state index contributed by atoms with van der Waals surface area (Å²) in [7, 11) is 0. The Labute approximate surface area is 95.8 Å². The van der Waals surface area contributed by atoms with E-state index < -0.39 is 17.3 Å². The van der Waals surface area contributed by atoms with Gasteiger partial charge in [0.25, 0.3) is 5.56 Å². The standard InChI is InChI=1S/C12H8FNO3/c13-10-6-2-1-5-9(10)12(16)17-14-8-4-3-7-11(14)15/h1-8H.